The average molecular weight is 402 g/mol. The van der Waals surface area contributed by atoms with Crippen molar-refractivity contribution in [3.05, 3.63) is 58.3 Å². The first-order chi connectivity index (χ1) is 13.7. The van der Waals surface area contributed by atoms with E-state index in [1.165, 1.54) is 16.9 Å². The van der Waals surface area contributed by atoms with Crippen molar-refractivity contribution in [2.75, 3.05) is 39.4 Å². The summed E-state index contributed by atoms with van der Waals surface area (Å²) >= 11 is 1.41. The maximum atomic E-state index is 12.3. The Morgan fingerprint density at radius 3 is 2.57 bits per heavy atom. The van der Waals surface area contributed by atoms with E-state index in [0.29, 0.717) is 30.8 Å². The molecule has 0 radical (unpaired) electrons. The molecular weight excluding hydrogens is 374 g/mol. The van der Waals surface area contributed by atoms with Gasteiger partial charge in [-0.15, -0.1) is 11.3 Å². The summed E-state index contributed by atoms with van der Waals surface area (Å²) in [4.78, 5) is 27.2. The third kappa shape index (κ3) is 6.15. The lowest BCUT2D eigenvalue weighted by atomic mass is 10.0. The van der Waals surface area contributed by atoms with E-state index in [4.69, 9.17) is 4.74 Å². The molecule has 0 saturated carbocycles. The predicted octanol–water partition coefficient (Wildman–Crippen LogP) is 2.45. The number of benzene rings is 1. The molecule has 2 amide bonds. The summed E-state index contributed by atoms with van der Waals surface area (Å²) in [6.07, 6.45) is 1.02. The molecular formula is C21H27N3O3S. The normalized spacial score (nSPS) is 15.7. The predicted molar refractivity (Wildman–Crippen MR) is 110 cm³/mol. The van der Waals surface area contributed by atoms with Gasteiger partial charge in [-0.05, 0) is 23.4 Å². The Bertz CT molecular complexity index is 731. The van der Waals surface area contributed by atoms with Crippen LogP contribution in [0.1, 0.15) is 34.1 Å². The molecule has 6 nitrogen and oxygen atoms in total. The zero-order valence-electron chi connectivity index (χ0n) is 15.9. The minimum absolute atomic E-state index is 0.0135. The molecule has 1 aromatic carbocycles. The minimum atomic E-state index is -0.0770. The van der Waals surface area contributed by atoms with Crippen LogP contribution in [0, 0.1) is 0 Å². The van der Waals surface area contributed by atoms with Gasteiger partial charge in [0, 0.05) is 32.6 Å². The van der Waals surface area contributed by atoms with Crippen molar-refractivity contribution in [1.82, 2.24) is 15.5 Å². The van der Waals surface area contributed by atoms with E-state index >= 15 is 0 Å². The molecule has 1 fully saturated rings. The molecule has 1 atom stereocenters. The standard InChI is InChI=1S/C21H27N3O3S/c25-20(9-4-10-22-21(26)19-8-5-15-28-19)23-16-18(17-6-2-1-3-7-17)24-11-13-27-14-12-24/h1-3,5-8,15,18H,4,9-14,16H2,(H,22,26)(H,23,25). The number of thiophene rings is 1. The van der Waals surface area contributed by atoms with Crippen molar-refractivity contribution in [3.8, 4) is 0 Å². The highest BCUT2D eigenvalue weighted by Crippen LogP contribution is 2.21. The van der Waals surface area contributed by atoms with Gasteiger partial charge in [-0.3, -0.25) is 14.5 Å². The van der Waals surface area contributed by atoms with Crippen LogP contribution in [0.2, 0.25) is 0 Å². The summed E-state index contributed by atoms with van der Waals surface area (Å²) in [6.45, 7) is 4.25. The van der Waals surface area contributed by atoms with Crippen LogP contribution in [0.4, 0.5) is 0 Å². The lowest BCUT2D eigenvalue weighted by Crippen LogP contribution is -2.43. The van der Waals surface area contributed by atoms with Crippen LogP contribution in [-0.2, 0) is 9.53 Å². The zero-order chi connectivity index (χ0) is 19.6. The number of hydrogen-bond acceptors (Lipinski definition) is 5. The van der Waals surface area contributed by atoms with E-state index in [1.54, 1.807) is 6.07 Å². The van der Waals surface area contributed by atoms with Crippen molar-refractivity contribution in [2.45, 2.75) is 18.9 Å². The zero-order valence-corrected chi connectivity index (χ0v) is 16.7. The van der Waals surface area contributed by atoms with Crippen LogP contribution in [0.15, 0.2) is 47.8 Å². The second-order valence-electron chi connectivity index (χ2n) is 6.72. The van der Waals surface area contributed by atoms with Crippen LogP contribution in [-0.4, -0.2) is 56.1 Å². The Kier molecular flexibility index (Phi) is 8.02. The fraction of sp³-hybridized carbons (Fsp3) is 0.429. The Morgan fingerprint density at radius 1 is 1.07 bits per heavy atom. The monoisotopic (exact) mass is 401 g/mol. The quantitative estimate of drug-likeness (QED) is 0.633. The van der Waals surface area contributed by atoms with Gasteiger partial charge in [0.2, 0.25) is 5.91 Å². The lowest BCUT2D eigenvalue weighted by Gasteiger charge is -2.35. The Labute approximate surface area is 169 Å². The van der Waals surface area contributed by atoms with Crippen molar-refractivity contribution in [3.63, 3.8) is 0 Å². The minimum Gasteiger partial charge on any atom is -0.379 e. The molecule has 0 spiro atoms. The fourth-order valence-electron chi connectivity index (χ4n) is 3.27. The Hall–Kier alpha value is -2.22. The number of carbonyl (C=O) groups is 2. The van der Waals surface area contributed by atoms with E-state index in [1.807, 2.05) is 29.6 Å². The molecule has 1 aliphatic heterocycles. The highest BCUT2D eigenvalue weighted by Gasteiger charge is 2.22. The number of ether oxygens (including phenoxy) is 1. The number of nitrogens with one attached hydrogen (secondary N) is 2. The van der Waals surface area contributed by atoms with Crippen LogP contribution >= 0.6 is 11.3 Å². The summed E-state index contributed by atoms with van der Waals surface area (Å²) in [5, 5.41) is 7.79. The van der Waals surface area contributed by atoms with Gasteiger partial charge in [-0.1, -0.05) is 36.4 Å². The van der Waals surface area contributed by atoms with Crippen LogP contribution in [0.3, 0.4) is 0 Å². The van der Waals surface area contributed by atoms with E-state index in [-0.39, 0.29) is 17.9 Å². The molecule has 1 saturated heterocycles. The molecule has 2 N–H and O–H groups in total. The molecule has 0 bridgehead atoms. The first-order valence-corrected chi connectivity index (χ1v) is 10.6. The van der Waals surface area contributed by atoms with Gasteiger partial charge in [0.1, 0.15) is 0 Å². The SMILES string of the molecule is O=C(CCCNC(=O)c1cccs1)NCC(c1ccccc1)N1CCOCC1. The van der Waals surface area contributed by atoms with Crippen molar-refractivity contribution in [2.24, 2.45) is 0 Å². The topological polar surface area (TPSA) is 70.7 Å². The van der Waals surface area contributed by atoms with Gasteiger partial charge in [-0.2, -0.15) is 0 Å². The number of amides is 2. The summed E-state index contributed by atoms with van der Waals surface area (Å²) < 4.78 is 5.46. The second-order valence-corrected chi connectivity index (χ2v) is 7.66. The summed E-state index contributed by atoms with van der Waals surface area (Å²) in [5.74, 6) is -0.0635. The molecule has 150 valence electrons. The van der Waals surface area contributed by atoms with E-state index in [9.17, 15) is 9.59 Å². The maximum absolute atomic E-state index is 12.3. The van der Waals surface area contributed by atoms with Crippen molar-refractivity contribution >= 4 is 23.2 Å². The summed E-state index contributed by atoms with van der Waals surface area (Å²) in [6, 6.07) is 14.1. The smallest absolute Gasteiger partial charge is 0.261 e. The molecule has 2 aromatic rings. The third-order valence-corrected chi connectivity index (χ3v) is 5.64. The summed E-state index contributed by atoms with van der Waals surface area (Å²) in [5.41, 5.74) is 1.20. The third-order valence-electron chi connectivity index (χ3n) is 4.77. The van der Waals surface area contributed by atoms with Gasteiger partial charge in [0.15, 0.2) is 0 Å². The summed E-state index contributed by atoms with van der Waals surface area (Å²) in [7, 11) is 0. The lowest BCUT2D eigenvalue weighted by molar-refractivity contribution is -0.121. The van der Waals surface area contributed by atoms with Gasteiger partial charge >= 0.3 is 0 Å². The molecule has 28 heavy (non-hydrogen) atoms. The number of nitrogens with zero attached hydrogens (tertiary/aromatic N) is 1. The Morgan fingerprint density at radius 2 is 1.86 bits per heavy atom. The number of morpholine rings is 1. The van der Waals surface area contributed by atoms with Gasteiger partial charge < -0.3 is 15.4 Å². The maximum Gasteiger partial charge on any atom is 0.261 e. The van der Waals surface area contributed by atoms with E-state index in [2.05, 4.69) is 27.7 Å². The van der Waals surface area contributed by atoms with Gasteiger partial charge in [-0.25, -0.2) is 0 Å². The van der Waals surface area contributed by atoms with Gasteiger partial charge in [0.05, 0.1) is 24.1 Å². The number of rotatable bonds is 9. The van der Waals surface area contributed by atoms with E-state index in [0.717, 1.165) is 26.3 Å². The molecule has 1 aromatic heterocycles. The number of hydrogen-bond donors (Lipinski definition) is 2. The molecule has 7 heteroatoms. The van der Waals surface area contributed by atoms with Crippen LogP contribution in [0.25, 0.3) is 0 Å². The average Bonchev–Trinajstić information content (AvgIpc) is 3.28. The molecule has 2 heterocycles. The second kappa shape index (κ2) is 10.9. The first kappa shape index (κ1) is 20.5. The van der Waals surface area contributed by atoms with Crippen LogP contribution in [0.5, 0.6) is 0 Å². The first-order valence-electron chi connectivity index (χ1n) is 9.69. The largest absolute Gasteiger partial charge is 0.379 e. The van der Waals surface area contributed by atoms with Crippen LogP contribution < -0.4 is 10.6 Å². The molecule has 0 aliphatic carbocycles. The highest BCUT2D eigenvalue weighted by atomic mass is 32.1. The van der Waals surface area contributed by atoms with Crippen molar-refractivity contribution < 1.29 is 14.3 Å². The van der Waals surface area contributed by atoms with E-state index < -0.39 is 0 Å². The molecule has 1 aliphatic rings. The molecule has 1 unspecified atom stereocenters. The Balaban J connectivity index is 1.42. The molecule has 3 rings (SSSR count). The van der Waals surface area contributed by atoms with Gasteiger partial charge in [0.25, 0.3) is 5.91 Å². The highest BCUT2D eigenvalue weighted by molar-refractivity contribution is 7.12. The van der Waals surface area contributed by atoms with Crippen molar-refractivity contribution in [1.29, 1.82) is 0 Å². The number of carbonyl (C=O) groups excluding carboxylic acids is 2. The fourth-order valence-corrected chi connectivity index (χ4v) is 3.91.